The summed E-state index contributed by atoms with van der Waals surface area (Å²) in [6.45, 7) is 5.74. The highest BCUT2D eigenvalue weighted by Gasteiger charge is 2.28. The average Bonchev–Trinajstić information content (AvgIpc) is 3.18. The molecule has 0 heterocycles. The van der Waals surface area contributed by atoms with E-state index in [1.807, 2.05) is 39.0 Å². The van der Waals surface area contributed by atoms with Crippen molar-refractivity contribution in [2.45, 2.75) is 45.6 Å². The van der Waals surface area contributed by atoms with Gasteiger partial charge in [-0.3, -0.25) is 9.10 Å². The van der Waals surface area contributed by atoms with E-state index in [4.69, 9.17) is 0 Å². The third-order valence-corrected chi connectivity index (χ3v) is 4.88. The molecule has 1 aliphatic rings. The molecule has 1 aliphatic carbocycles. The van der Waals surface area contributed by atoms with Crippen molar-refractivity contribution in [3.63, 3.8) is 0 Å². The fraction of sp³-hybridized carbons (Fsp3) is 0.562. The highest BCUT2D eigenvalue weighted by molar-refractivity contribution is 7.92. The molecule has 0 saturated heterocycles. The summed E-state index contributed by atoms with van der Waals surface area (Å²) >= 11 is 0. The predicted octanol–water partition coefficient (Wildman–Crippen LogP) is 2.16. The Morgan fingerprint density at radius 1 is 1.36 bits per heavy atom. The minimum atomic E-state index is -3.53. The second-order valence-corrected chi connectivity index (χ2v) is 8.19. The second kappa shape index (κ2) is 6.28. The number of anilines is 1. The first kappa shape index (κ1) is 16.8. The van der Waals surface area contributed by atoms with Gasteiger partial charge < -0.3 is 5.32 Å². The largest absolute Gasteiger partial charge is 0.352 e. The Morgan fingerprint density at radius 2 is 2.00 bits per heavy atom. The van der Waals surface area contributed by atoms with Crippen LogP contribution in [-0.4, -0.2) is 33.2 Å². The lowest BCUT2D eigenvalue weighted by atomic mass is 9.98. The predicted molar refractivity (Wildman–Crippen MR) is 88.6 cm³/mol. The number of nitrogens with zero attached hydrogens (tertiary/aromatic N) is 1. The standard InChI is InChI=1S/C16H24N2O3S/c1-11(2)14-7-5-6-12(3)16(14)18(22(4,20)21)10-15(19)17-13-8-9-13/h5-7,11,13H,8-10H2,1-4H3,(H,17,19). The summed E-state index contributed by atoms with van der Waals surface area (Å²) in [7, 11) is -3.53. The molecule has 1 aromatic carbocycles. The molecule has 0 aromatic heterocycles. The summed E-state index contributed by atoms with van der Waals surface area (Å²) in [5, 5.41) is 2.85. The molecule has 0 radical (unpaired) electrons. The molecule has 1 aromatic rings. The van der Waals surface area contributed by atoms with Crippen molar-refractivity contribution in [2.24, 2.45) is 0 Å². The van der Waals surface area contributed by atoms with E-state index in [2.05, 4.69) is 5.32 Å². The molecule has 22 heavy (non-hydrogen) atoms. The van der Waals surface area contributed by atoms with Gasteiger partial charge in [0.25, 0.3) is 0 Å². The molecule has 1 N–H and O–H groups in total. The van der Waals surface area contributed by atoms with E-state index in [1.165, 1.54) is 4.31 Å². The maximum atomic E-state index is 12.2. The van der Waals surface area contributed by atoms with E-state index in [9.17, 15) is 13.2 Å². The molecule has 1 saturated carbocycles. The number of amides is 1. The molecule has 5 nitrogen and oxygen atoms in total. The molecule has 6 heteroatoms. The van der Waals surface area contributed by atoms with E-state index in [-0.39, 0.29) is 24.4 Å². The van der Waals surface area contributed by atoms with Gasteiger partial charge in [0.05, 0.1) is 11.9 Å². The Morgan fingerprint density at radius 3 is 2.50 bits per heavy atom. The smallest absolute Gasteiger partial charge is 0.240 e. The molecular weight excluding hydrogens is 300 g/mol. The van der Waals surface area contributed by atoms with Crippen LogP contribution in [0.2, 0.25) is 0 Å². The fourth-order valence-electron chi connectivity index (χ4n) is 2.48. The molecule has 0 bridgehead atoms. The Kier molecular flexibility index (Phi) is 4.80. The van der Waals surface area contributed by atoms with Gasteiger partial charge in [0, 0.05) is 6.04 Å². The van der Waals surface area contributed by atoms with Crippen LogP contribution in [0.25, 0.3) is 0 Å². The number of hydrogen-bond acceptors (Lipinski definition) is 3. The zero-order valence-corrected chi connectivity index (χ0v) is 14.4. The van der Waals surface area contributed by atoms with E-state index in [0.29, 0.717) is 5.69 Å². The first-order valence-electron chi connectivity index (χ1n) is 7.56. The van der Waals surface area contributed by atoms with Gasteiger partial charge in [-0.2, -0.15) is 0 Å². The van der Waals surface area contributed by atoms with Crippen LogP contribution in [0.5, 0.6) is 0 Å². The number of benzene rings is 1. The number of aryl methyl sites for hydroxylation is 1. The third kappa shape index (κ3) is 4.00. The third-order valence-electron chi connectivity index (χ3n) is 3.77. The molecule has 0 spiro atoms. The molecule has 1 amide bonds. The van der Waals surface area contributed by atoms with Crippen LogP contribution in [0.15, 0.2) is 18.2 Å². The van der Waals surface area contributed by atoms with Gasteiger partial charge in [0.1, 0.15) is 6.54 Å². The van der Waals surface area contributed by atoms with Gasteiger partial charge >= 0.3 is 0 Å². The Bertz CT molecular complexity index is 664. The number of nitrogens with one attached hydrogen (secondary N) is 1. The lowest BCUT2D eigenvalue weighted by molar-refractivity contribution is -0.119. The van der Waals surface area contributed by atoms with Gasteiger partial charge in [-0.25, -0.2) is 8.42 Å². The summed E-state index contributed by atoms with van der Waals surface area (Å²) < 4.78 is 25.7. The van der Waals surface area contributed by atoms with E-state index in [0.717, 1.165) is 30.2 Å². The van der Waals surface area contributed by atoms with Gasteiger partial charge in [-0.1, -0.05) is 32.0 Å². The zero-order chi connectivity index (χ0) is 16.5. The molecule has 0 aliphatic heterocycles. The van der Waals surface area contributed by atoms with Crippen molar-refractivity contribution in [3.05, 3.63) is 29.3 Å². The van der Waals surface area contributed by atoms with Gasteiger partial charge in [0.15, 0.2) is 0 Å². The van der Waals surface area contributed by atoms with Crippen LogP contribution >= 0.6 is 0 Å². The normalized spacial score (nSPS) is 15.0. The summed E-state index contributed by atoms with van der Waals surface area (Å²) in [6.07, 6.45) is 3.10. The van der Waals surface area contributed by atoms with E-state index < -0.39 is 10.0 Å². The maximum absolute atomic E-state index is 12.2. The average molecular weight is 324 g/mol. The van der Waals surface area contributed by atoms with Crippen molar-refractivity contribution < 1.29 is 13.2 Å². The fourth-order valence-corrected chi connectivity index (χ4v) is 3.41. The lowest BCUT2D eigenvalue weighted by Crippen LogP contribution is -2.41. The van der Waals surface area contributed by atoms with E-state index in [1.54, 1.807) is 0 Å². The van der Waals surface area contributed by atoms with Crippen molar-refractivity contribution in [3.8, 4) is 0 Å². The molecule has 122 valence electrons. The Labute approximate surface area is 132 Å². The van der Waals surface area contributed by atoms with Crippen LogP contribution in [-0.2, 0) is 14.8 Å². The first-order valence-corrected chi connectivity index (χ1v) is 9.41. The Balaban J connectivity index is 2.39. The number of rotatable bonds is 6. The van der Waals surface area contributed by atoms with Gasteiger partial charge in [0.2, 0.25) is 15.9 Å². The number of para-hydroxylation sites is 1. The summed E-state index contributed by atoms with van der Waals surface area (Å²) in [5.41, 5.74) is 2.42. The molecule has 0 atom stereocenters. The quantitative estimate of drug-likeness (QED) is 0.872. The number of hydrogen-bond donors (Lipinski definition) is 1. The highest BCUT2D eigenvalue weighted by Crippen LogP contribution is 2.32. The number of carbonyl (C=O) groups excluding carboxylic acids is 1. The van der Waals surface area contributed by atoms with Crippen LogP contribution in [0.1, 0.15) is 43.7 Å². The minimum Gasteiger partial charge on any atom is -0.352 e. The van der Waals surface area contributed by atoms with Crippen molar-refractivity contribution in [1.82, 2.24) is 5.32 Å². The highest BCUT2D eigenvalue weighted by atomic mass is 32.2. The van der Waals surface area contributed by atoms with Crippen LogP contribution in [0.3, 0.4) is 0 Å². The summed E-state index contributed by atoms with van der Waals surface area (Å²) in [6, 6.07) is 5.93. The minimum absolute atomic E-state index is 0.167. The SMILES string of the molecule is Cc1cccc(C(C)C)c1N(CC(=O)NC1CC1)S(C)(=O)=O. The van der Waals surface area contributed by atoms with Gasteiger partial charge in [-0.15, -0.1) is 0 Å². The van der Waals surface area contributed by atoms with Crippen molar-refractivity contribution in [2.75, 3.05) is 17.1 Å². The molecular formula is C16H24N2O3S. The van der Waals surface area contributed by atoms with Crippen molar-refractivity contribution in [1.29, 1.82) is 0 Å². The van der Waals surface area contributed by atoms with Crippen LogP contribution in [0.4, 0.5) is 5.69 Å². The zero-order valence-electron chi connectivity index (χ0n) is 13.6. The Hall–Kier alpha value is -1.56. The monoisotopic (exact) mass is 324 g/mol. The van der Waals surface area contributed by atoms with E-state index >= 15 is 0 Å². The molecule has 1 fully saturated rings. The van der Waals surface area contributed by atoms with Crippen LogP contribution in [0, 0.1) is 6.92 Å². The van der Waals surface area contributed by atoms with Gasteiger partial charge in [-0.05, 0) is 36.8 Å². The van der Waals surface area contributed by atoms with Crippen LogP contribution < -0.4 is 9.62 Å². The maximum Gasteiger partial charge on any atom is 0.240 e. The number of sulfonamides is 1. The second-order valence-electron chi connectivity index (χ2n) is 6.28. The summed E-state index contributed by atoms with van der Waals surface area (Å²) in [5.74, 6) is -0.0727. The summed E-state index contributed by atoms with van der Waals surface area (Å²) in [4.78, 5) is 12.1. The lowest BCUT2D eigenvalue weighted by Gasteiger charge is -2.27. The molecule has 0 unspecified atom stereocenters. The topological polar surface area (TPSA) is 66.5 Å². The first-order chi connectivity index (χ1) is 10.2. The molecule has 2 rings (SSSR count). The van der Waals surface area contributed by atoms with Crippen molar-refractivity contribution >= 4 is 21.6 Å². The number of carbonyl (C=O) groups is 1.